The Morgan fingerprint density at radius 1 is 1.28 bits per heavy atom. The lowest BCUT2D eigenvalue weighted by Crippen LogP contribution is -2.28. The Morgan fingerprint density at radius 2 is 2.08 bits per heavy atom. The highest BCUT2D eigenvalue weighted by Gasteiger charge is 2.17. The van der Waals surface area contributed by atoms with Crippen molar-refractivity contribution in [2.24, 2.45) is 0 Å². The highest BCUT2D eigenvalue weighted by Crippen LogP contribution is 2.19. The Balaban J connectivity index is 1.76. The molecule has 0 aliphatic rings. The van der Waals surface area contributed by atoms with Crippen LogP contribution in [-0.2, 0) is 0 Å². The lowest BCUT2D eigenvalue weighted by molar-refractivity contribution is 0.0939. The first-order chi connectivity index (χ1) is 12.2. The molecule has 1 aromatic carbocycles. The Labute approximate surface area is 145 Å². The highest BCUT2D eigenvalue weighted by molar-refractivity contribution is 5.97. The van der Waals surface area contributed by atoms with E-state index in [-0.39, 0.29) is 11.9 Å². The van der Waals surface area contributed by atoms with E-state index in [2.05, 4.69) is 20.4 Å². The molecule has 25 heavy (non-hydrogen) atoms. The van der Waals surface area contributed by atoms with Gasteiger partial charge in [0.1, 0.15) is 18.4 Å². The van der Waals surface area contributed by atoms with Crippen molar-refractivity contribution in [1.82, 2.24) is 25.1 Å². The Kier molecular flexibility index (Phi) is 5.03. The van der Waals surface area contributed by atoms with Crippen molar-refractivity contribution < 1.29 is 9.53 Å². The molecule has 0 saturated carbocycles. The van der Waals surface area contributed by atoms with Crippen molar-refractivity contribution in [1.29, 1.82) is 0 Å². The van der Waals surface area contributed by atoms with Crippen LogP contribution in [0, 0.1) is 0 Å². The summed E-state index contributed by atoms with van der Waals surface area (Å²) < 4.78 is 6.91. The second-order valence-corrected chi connectivity index (χ2v) is 5.41. The van der Waals surface area contributed by atoms with Gasteiger partial charge in [0.15, 0.2) is 5.82 Å². The van der Waals surface area contributed by atoms with Crippen molar-refractivity contribution in [3.8, 4) is 11.6 Å². The number of hydrogen-bond acceptors (Lipinski definition) is 5. The molecule has 1 amide bonds. The Bertz CT molecular complexity index is 831. The molecule has 1 N–H and O–H groups in total. The molecule has 128 valence electrons. The fraction of sp³-hybridized carbons (Fsp3) is 0.222. The smallest absolute Gasteiger partial charge is 0.255 e. The molecule has 3 aromatic rings. The van der Waals surface area contributed by atoms with Gasteiger partial charge in [-0.3, -0.25) is 4.79 Å². The molecule has 2 aromatic heterocycles. The minimum atomic E-state index is -0.222. The maximum atomic E-state index is 12.7. The second kappa shape index (κ2) is 7.57. The van der Waals surface area contributed by atoms with E-state index in [0.717, 1.165) is 11.3 Å². The van der Waals surface area contributed by atoms with Gasteiger partial charge in [-0.2, -0.15) is 5.10 Å². The van der Waals surface area contributed by atoms with E-state index in [1.807, 2.05) is 38.1 Å². The highest BCUT2D eigenvalue weighted by atomic mass is 16.5. The first-order valence-electron chi connectivity index (χ1n) is 8.02. The van der Waals surface area contributed by atoms with Crippen molar-refractivity contribution in [2.75, 3.05) is 6.61 Å². The zero-order valence-electron chi connectivity index (χ0n) is 14.1. The number of carbonyl (C=O) groups excluding carboxylic acids is 1. The molecule has 0 bridgehead atoms. The quantitative estimate of drug-likeness (QED) is 0.747. The van der Waals surface area contributed by atoms with E-state index < -0.39 is 0 Å². The van der Waals surface area contributed by atoms with Crippen LogP contribution in [0.25, 0.3) is 5.82 Å². The number of nitrogens with zero attached hydrogens (tertiary/aromatic N) is 4. The third-order valence-corrected chi connectivity index (χ3v) is 3.71. The molecule has 2 heterocycles. The lowest BCUT2D eigenvalue weighted by atomic mass is 10.1. The normalized spacial score (nSPS) is 11.8. The molecule has 3 rings (SSSR count). The van der Waals surface area contributed by atoms with Gasteiger partial charge in [-0.25, -0.2) is 14.6 Å². The zero-order chi connectivity index (χ0) is 17.6. The number of hydrogen-bond donors (Lipinski definition) is 1. The zero-order valence-corrected chi connectivity index (χ0v) is 14.1. The van der Waals surface area contributed by atoms with Gasteiger partial charge in [-0.1, -0.05) is 12.1 Å². The molecule has 7 heteroatoms. The van der Waals surface area contributed by atoms with Gasteiger partial charge >= 0.3 is 0 Å². The van der Waals surface area contributed by atoms with Crippen LogP contribution in [0.4, 0.5) is 0 Å². The van der Waals surface area contributed by atoms with Gasteiger partial charge in [0.05, 0.1) is 18.2 Å². The number of carbonyl (C=O) groups is 1. The van der Waals surface area contributed by atoms with Crippen LogP contribution in [-0.4, -0.2) is 32.3 Å². The molecule has 0 spiro atoms. The van der Waals surface area contributed by atoms with Crippen LogP contribution >= 0.6 is 0 Å². The molecular formula is C18H19N5O2. The standard InChI is InChI=1S/C18H19N5O2/c1-3-25-15-8-6-14(7-9-15)13(2)22-18(24)16-5-4-10-20-17(16)23-12-19-11-21-23/h4-13H,3H2,1-2H3,(H,22,24)/t13-/m0/s1. The predicted molar refractivity (Wildman–Crippen MR) is 92.6 cm³/mol. The van der Waals surface area contributed by atoms with Crippen LogP contribution in [0.15, 0.2) is 55.2 Å². The van der Waals surface area contributed by atoms with E-state index in [1.54, 1.807) is 18.3 Å². The molecule has 0 radical (unpaired) electrons. The number of pyridine rings is 1. The van der Waals surface area contributed by atoms with Gasteiger partial charge < -0.3 is 10.1 Å². The summed E-state index contributed by atoms with van der Waals surface area (Å²) in [6.45, 7) is 4.49. The summed E-state index contributed by atoms with van der Waals surface area (Å²) in [6.07, 6.45) is 4.53. The summed E-state index contributed by atoms with van der Waals surface area (Å²) >= 11 is 0. The fourth-order valence-corrected chi connectivity index (χ4v) is 2.45. The van der Waals surface area contributed by atoms with Gasteiger partial charge in [0.25, 0.3) is 5.91 Å². The van der Waals surface area contributed by atoms with Crippen LogP contribution in [0.2, 0.25) is 0 Å². The Morgan fingerprint density at radius 3 is 2.76 bits per heavy atom. The minimum Gasteiger partial charge on any atom is -0.494 e. The number of aromatic nitrogens is 4. The third-order valence-electron chi connectivity index (χ3n) is 3.71. The fourth-order valence-electron chi connectivity index (χ4n) is 2.45. The van der Waals surface area contributed by atoms with Gasteiger partial charge in [-0.05, 0) is 43.7 Å². The summed E-state index contributed by atoms with van der Waals surface area (Å²) in [5, 5.41) is 7.03. The van der Waals surface area contributed by atoms with Crippen molar-refractivity contribution in [3.63, 3.8) is 0 Å². The summed E-state index contributed by atoms with van der Waals surface area (Å²) in [7, 11) is 0. The SMILES string of the molecule is CCOc1ccc([C@H](C)NC(=O)c2cccnc2-n2cncn2)cc1. The number of nitrogens with one attached hydrogen (secondary N) is 1. The Hall–Kier alpha value is -3.22. The average molecular weight is 337 g/mol. The summed E-state index contributed by atoms with van der Waals surface area (Å²) in [5.74, 6) is 1.03. The lowest BCUT2D eigenvalue weighted by Gasteiger charge is -2.16. The minimum absolute atomic E-state index is 0.160. The molecule has 0 unspecified atom stereocenters. The van der Waals surface area contributed by atoms with Crippen LogP contribution in [0.5, 0.6) is 5.75 Å². The van der Waals surface area contributed by atoms with E-state index >= 15 is 0 Å². The van der Waals surface area contributed by atoms with Gasteiger partial charge in [0.2, 0.25) is 0 Å². The van der Waals surface area contributed by atoms with Crippen molar-refractivity contribution >= 4 is 5.91 Å². The van der Waals surface area contributed by atoms with E-state index in [9.17, 15) is 4.79 Å². The number of ether oxygens (including phenoxy) is 1. The van der Waals surface area contributed by atoms with E-state index in [4.69, 9.17) is 4.74 Å². The average Bonchev–Trinajstić information content (AvgIpc) is 3.17. The molecule has 7 nitrogen and oxygen atoms in total. The maximum Gasteiger partial charge on any atom is 0.255 e. The topological polar surface area (TPSA) is 81.9 Å². The molecule has 0 aliphatic carbocycles. The first kappa shape index (κ1) is 16.6. The molecular weight excluding hydrogens is 318 g/mol. The molecule has 0 fully saturated rings. The van der Waals surface area contributed by atoms with Crippen molar-refractivity contribution in [2.45, 2.75) is 19.9 Å². The number of benzene rings is 1. The summed E-state index contributed by atoms with van der Waals surface area (Å²) in [5.41, 5.74) is 1.42. The monoisotopic (exact) mass is 337 g/mol. The first-order valence-corrected chi connectivity index (χ1v) is 8.02. The molecule has 1 atom stereocenters. The van der Waals surface area contributed by atoms with Crippen molar-refractivity contribution in [3.05, 3.63) is 66.4 Å². The van der Waals surface area contributed by atoms with Gasteiger partial charge in [-0.15, -0.1) is 0 Å². The van der Waals surface area contributed by atoms with Crippen LogP contribution in [0.1, 0.15) is 35.8 Å². The molecule has 0 saturated heterocycles. The van der Waals surface area contributed by atoms with E-state index in [0.29, 0.717) is 18.0 Å². The largest absolute Gasteiger partial charge is 0.494 e. The maximum absolute atomic E-state index is 12.7. The number of rotatable bonds is 6. The summed E-state index contributed by atoms with van der Waals surface area (Å²) in [6, 6.07) is 10.9. The summed E-state index contributed by atoms with van der Waals surface area (Å²) in [4.78, 5) is 20.8. The van der Waals surface area contributed by atoms with Gasteiger partial charge in [0, 0.05) is 6.20 Å². The number of amides is 1. The third kappa shape index (κ3) is 3.82. The molecule has 0 aliphatic heterocycles. The van der Waals surface area contributed by atoms with Crippen LogP contribution < -0.4 is 10.1 Å². The van der Waals surface area contributed by atoms with Crippen LogP contribution in [0.3, 0.4) is 0 Å². The predicted octanol–water partition coefficient (Wildman–Crippen LogP) is 2.55. The second-order valence-electron chi connectivity index (χ2n) is 5.41. The van der Waals surface area contributed by atoms with E-state index in [1.165, 1.54) is 17.3 Å².